The van der Waals surface area contributed by atoms with Crippen molar-refractivity contribution in [3.63, 3.8) is 0 Å². The van der Waals surface area contributed by atoms with Gasteiger partial charge in [0.05, 0.1) is 16.3 Å². The SMILES string of the molecule is CNCC(=O)N=S(C)(=O)C(C)(C)C. The minimum Gasteiger partial charge on any atom is -0.311 e. The van der Waals surface area contributed by atoms with E-state index in [1.165, 1.54) is 6.26 Å². The molecular formula is C8H18N2O2S. The molecule has 0 aromatic carbocycles. The Bertz CT molecular complexity index is 296. The van der Waals surface area contributed by atoms with E-state index in [2.05, 4.69) is 9.68 Å². The van der Waals surface area contributed by atoms with Gasteiger partial charge in [0.2, 0.25) is 0 Å². The van der Waals surface area contributed by atoms with Crippen LogP contribution in [-0.2, 0) is 14.5 Å². The lowest BCUT2D eigenvalue weighted by atomic mass is 10.3. The second kappa shape index (κ2) is 4.19. The van der Waals surface area contributed by atoms with E-state index in [9.17, 15) is 9.00 Å². The maximum Gasteiger partial charge on any atom is 0.267 e. The molecule has 0 saturated heterocycles. The van der Waals surface area contributed by atoms with Gasteiger partial charge < -0.3 is 5.32 Å². The Balaban J connectivity index is 4.84. The van der Waals surface area contributed by atoms with E-state index in [-0.39, 0.29) is 12.5 Å². The summed E-state index contributed by atoms with van der Waals surface area (Å²) in [5, 5.41) is 2.67. The van der Waals surface area contributed by atoms with Crippen molar-refractivity contribution in [2.75, 3.05) is 19.8 Å². The van der Waals surface area contributed by atoms with Gasteiger partial charge in [-0.05, 0) is 27.8 Å². The van der Waals surface area contributed by atoms with Crippen molar-refractivity contribution in [3.05, 3.63) is 0 Å². The standard InChI is InChI=1S/C8H18N2O2S/c1-8(2,3)13(5,12)10-7(11)6-9-4/h9H,6H2,1-5H3. The summed E-state index contributed by atoms with van der Waals surface area (Å²) in [6, 6.07) is 0. The lowest BCUT2D eigenvalue weighted by Gasteiger charge is -2.19. The Morgan fingerprint density at radius 3 is 2.23 bits per heavy atom. The molecule has 5 heteroatoms. The number of likely N-dealkylation sites (N-methyl/N-ethyl adjacent to an activating group) is 1. The summed E-state index contributed by atoms with van der Waals surface area (Å²) in [6.45, 7) is 5.57. The van der Waals surface area contributed by atoms with E-state index in [1.54, 1.807) is 7.05 Å². The van der Waals surface area contributed by atoms with Gasteiger partial charge >= 0.3 is 0 Å². The van der Waals surface area contributed by atoms with Crippen molar-refractivity contribution in [1.29, 1.82) is 0 Å². The van der Waals surface area contributed by atoms with Crippen LogP contribution in [0.2, 0.25) is 0 Å². The topological polar surface area (TPSA) is 58.5 Å². The van der Waals surface area contributed by atoms with Crippen molar-refractivity contribution < 1.29 is 9.00 Å². The summed E-state index contributed by atoms with van der Waals surface area (Å²) < 4.78 is 15.1. The van der Waals surface area contributed by atoms with Crippen molar-refractivity contribution >= 4 is 15.6 Å². The van der Waals surface area contributed by atoms with Crippen LogP contribution in [0.3, 0.4) is 0 Å². The first-order valence-corrected chi connectivity index (χ1v) is 6.02. The molecule has 0 heterocycles. The number of nitrogens with zero attached hydrogens (tertiary/aromatic N) is 1. The van der Waals surface area contributed by atoms with Crippen molar-refractivity contribution in [2.24, 2.45) is 4.36 Å². The third-order valence-electron chi connectivity index (χ3n) is 1.74. The van der Waals surface area contributed by atoms with Crippen LogP contribution in [0.5, 0.6) is 0 Å². The van der Waals surface area contributed by atoms with Gasteiger partial charge in [-0.15, -0.1) is 0 Å². The third kappa shape index (κ3) is 3.87. The summed E-state index contributed by atoms with van der Waals surface area (Å²) in [5.74, 6) is -0.357. The molecule has 0 fully saturated rings. The molecule has 0 aromatic heterocycles. The van der Waals surface area contributed by atoms with Gasteiger partial charge in [-0.3, -0.25) is 4.79 Å². The maximum atomic E-state index is 11.9. The van der Waals surface area contributed by atoms with Gasteiger partial charge in [0.25, 0.3) is 5.91 Å². The Hall–Kier alpha value is -0.420. The second-order valence-electron chi connectivity index (χ2n) is 3.93. The zero-order chi connectivity index (χ0) is 10.7. The van der Waals surface area contributed by atoms with Crippen LogP contribution in [0.4, 0.5) is 0 Å². The largest absolute Gasteiger partial charge is 0.311 e. The molecule has 0 aliphatic carbocycles. The smallest absolute Gasteiger partial charge is 0.267 e. The van der Waals surface area contributed by atoms with E-state index >= 15 is 0 Å². The lowest BCUT2D eigenvalue weighted by Crippen LogP contribution is -2.28. The molecule has 4 nitrogen and oxygen atoms in total. The van der Waals surface area contributed by atoms with Crippen molar-refractivity contribution in [2.45, 2.75) is 25.5 Å². The zero-order valence-electron chi connectivity index (χ0n) is 8.88. The zero-order valence-corrected chi connectivity index (χ0v) is 9.70. The number of nitrogens with one attached hydrogen (secondary N) is 1. The van der Waals surface area contributed by atoms with E-state index < -0.39 is 14.5 Å². The Kier molecular flexibility index (Phi) is 4.06. The van der Waals surface area contributed by atoms with Gasteiger partial charge in [0.1, 0.15) is 0 Å². The van der Waals surface area contributed by atoms with Gasteiger partial charge in [-0.1, -0.05) is 0 Å². The first-order chi connectivity index (χ1) is 5.70. The minimum atomic E-state index is -2.43. The Morgan fingerprint density at radius 2 is 1.92 bits per heavy atom. The molecule has 1 unspecified atom stereocenters. The molecule has 0 aliphatic rings. The quantitative estimate of drug-likeness (QED) is 0.721. The molecule has 0 aliphatic heterocycles. The van der Waals surface area contributed by atoms with E-state index in [4.69, 9.17) is 0 Å². The second-order valence-corrected chi connectivity index (χ2v) is 6.94. The van der Waals surface area contributed by atoms with Gasteiger partial charge in [-0.25, -0.2) is 4.21 Å². The predicted octanol–water partition coefficient (Wildman–Crippen LogP) is 0.629. The van der Waals surface area contributed by atoms with Crippen LogP contribution < -0.4 is 5.32 Å². The predicted molar refractivity (Wildman–Crippen MR) is 55.2 cm³/mol. The molecule has 1 atom stereocenters. The summed E-state index contributed by atoms with van der Waals surface area (Å²) in [7, 11) is -0.779. The van der Waals surface area contributed by atoms with Crippen molar-refractivity contribution in [1.82, 2.24) is 5.32 Å². The van der Waals surface area contributed by atoms with E-state index in [0.29, 0.717) is 0 Å². The van der Waals surface area contributed by atoms with Gasteiger partial charge in [0, 0.05) is 11.0 Å². The highest BCUT2D eigenvalue weighted by atomic mass is 32.2. The summed E-state index contributed by atoms with van der Waals surface area (Å²) in [6.07, 6.45) is 1.51. The van der Waals surface area contributed by atoms with E-state index in [1.807, 2.05) is 20.8 Å². The molecule has 0 rings (SSSR count). The first kappa shape index (κ1) is 12.6. The fraction of sp³-hybridized carbons (Fsp3) is 0.875. The molecule has 0 bridgehead atoms. The summed E-state index contributed by atoms with van der Waals surface area (Å²) >= 11 is 0. The van der Waals surface area contributed by atoms with Crippen LogP contribution in [0.1, 0.15) is 20.8 Å². The normalized spacial score (nSPS) is 16.4. The summed E-state index contributed by atoms with van der Waals surface area (Å²) in [4.78, 5) is 11.1. The number of carbonyl (C=O) groups is 1. The lowest BCUT2D eigenvalue weighted by molar-refractivity contribution is -0.116. The number of rotatable bonds is 2. The van der Waals surface area contributed by atoms with Crippen molar-refractivity contribution in [3.8, 4) is 0 Å². The molecule has 0 aromatic rings. The molecule has 13 heavy (non-hydrogen) atoms. The third-order valence-corrected chi connectivity index (χ3v) is 4.56. The average molecular weight is 206 g/mol. The molecule has 0 radical (unpaired) electrons. The Morgan fingerprint density at radius 1 is 1.46 bits per heavy atom. The number of hydrogen-bond donors (Lipinski definition) is 1. The highest BCUT2D eigenvalue weighted by Gasteiger charge is 2.23. The van der Waals surface area contributed by atoms with E-state index in [0.717, 1.165) is 0 Å². The van der Waals surface area contributed by atoms with Crippen LogP contribution in [0.15, 0.2) is 4.36 Å². The van der Waals surface area contributed by atoms with Crippen LogP contribution >= 0.6 is 0 Å². The molecule has 78 valence electrons. The number of hydrogen-bond acceptors (Lipinski definition) is 3. The fourth-order valence-corrected chi connectivity index (χ4v) is 1.24. The molecular weight excluding hydrogens is 188 g/mol. The molecule has 0 saturated carbocycles. The number of carbonyl (C=O) groups excluding carboxylic acids is 1. The first-order valence-electron chi connectivity index (χ1n) is 4.10. The molecule has 1 N–H and O–H groups in total. The molecule has 0 spiro atoms. The summed E-state index contributed by atoms with van der Waals surface area (Å²) in [5.41, 5.74) is 0. The van der Waals surface area contributed by atoms with Gasteiger partial charge in [-0.2, -0.15) is 4.36 Å². The fourth-order valence-electron chi connectivity index (χ4n) is 0.515. The van der Waals surface area contributed by atoms with Crippen LogP contribution in [-0.4, -0.2) is 34.7 Å². The minimum absolute atomic E-state index is 0.140. The van der Waals surface area contributed by atoms with Crippen LogP contribution in [0, 0.1) is 0 Å². The maximum absolute atomic E-state index is 11.9. The van der Waals surface area contributed by atoms with Gasteiger partial charge in [0.15, 0.2) is 0 Å². The highest BCUT2D eigenvalue weighted by molar-refractivity contribution is 7.94. The number of amides is 1. The highest BCUT2D eigenvalue weighted by Crippen LogP contribution is 2.16. The van der Waals surface area contributed by atoms with Crippen LogP contribution in [0.25, 0.3) is 0 Å². The Labute approximate surface area is 80.3 Å². The molecule has 1 amide bonds. The average Bonchev–Trinajstić information content (AvgIpc) is 1.83. The monoisotopic (exact) mass is 206 g/mol.